The van der Waals surface area contributed by atoms with Crippen LogP contribution < -0.4 is 0 Å². The summed E-state index contributed by atoms with van der Waals surface area (Å²) in [4.78, 5) is 8.59. The first-order valence-electron chi connectivity index (χ1n) is 4.66. The lowest BCUT2D eigenvalue weighted by Gasteiger charge is -2.30. The molecule has 1 atom stereocenters. The van der Waals surface area contributed by atoms with Crippen molar-refractivity contribution in [3.63, 3.8) is 0 Å². The number of hydrogen-bond donors (Lipinski definition) is 1. The van der Waals surface area contributed by atoms with Crippen molar-refractivity contribution in [2.75, 3.05) is 18.5 Å². The molecule has 14 heavy (non-hydrogen) atoms. The second-order valence-corrected chi connectivity index (χ2v) is 4.60. The van der Waals surface area contributed by atoms with Crippen LogP contribution in [0.4, 0.5) is 0 Å². The van der Waals surface area contributed by atoms with Gasteiger partial charge in [-0.2, -0.15) is 0 Å². The molecule has 0 fully saturated rings. The van der Waals surface area contributed by atoms with Crippen LogP contribution in [0.5, 0.6) is 0 Å². The molecule has 1 unspecified atom stereocenters. The third kappa shape index (κ3) is 5.47. The maximum Gasteiger partial charge on any atom is 0.316 e. The molecule has 0 aliphatic heterocycles. The van der Waals surface area contributed by atoms with Crippen LogP contribution in [-0.4, -0.2) is 29.0 Å². The fourth-order valence-electron chi connectivity index (χ4n) is 1.15. The smallest absolute Gasteiger partial charge is 0.316 e. The summed E-state index contributed by atoms with van der Waals surface area (Å²) in [5.74, 6) is 0. The van der Waals surface area contributed by atoms with Gasteiger partial charge in [0.05, 0.1) is 18.8 Å². The monoisotopic (exact) mass is 288 g/mol. The van der Waals surface area contributed by atoms with E-state index in [1.54, 1.807) is 0 Å². The van der Waals surface area contributed by atoms with Crippen LogP contribution in [0.2, 0.25) is 0 Å². The topological polar surface area (TPSA) is 55.8 Å². The van der Waals surface area contributed by atoms with Crippen molar-refractivity contribution in [1.29, 1.82) is 0 Å². The number of hydrogen-bond acceptors (Lipinski definition) is 3. The normalized spacial score (nSPS) is 14.3. The summed E-state index contributed by atoms with van der Waals surface area (Å²) in [6, 6.07) is 0. The van der Waals surface area contributed by atoms with Gasteiger partial charge in [-0.25, -0.2) is 0 Å². The van der Waals surface area contributed by atoms with Crippen LogP contribution in [0.3, 0.4) is 0 Å². The molecule has 0 saturated heterocycles. The summed E-state index contributed by atoms with van der Waals surface area (Å²) in [5, 5.41) is 0.753. The summed E-state index contributed by atoms with van der Waals surface area (Å²) in [6.07, 6.45) is 1.54. The molecule has 0 aromatic heterocycles. The molecule has 1 N–H and O–H groups in total. The van der Waals surface area contributed by atoms with Gasteiger partial charge in [0, 0.05) is 5.33 Å². The molecule has 0 saturated carbocycles. The van der Waals surface area contributed by atoms with E-state index in [-0.39, 0.29) is 6.61 Å². The molecular formula is C8H18BrO4P. The number of rotatable bonds is 8. The Kier molecular flexibility index (Phi) is 8.16. The Labute approximate surface area is 94.1 Å². The molecule has 0 bridgehead atoms. The Hall–Kier alpha value is 0.590. The Morgan fingerprint density at radius 1 is 1.43 bits per heavy atom. The summed E-state index contributed by atoms with van der Waals surface area (Å²) < 4.78 is 20.8. The van der Waals surface area contributed by atoms with Gasteiger partial charge < -0.3 is 14.2 Å². The molecule has 0 heterocycles. The Balaban J connectivity index is 4.13. The van der Waals surface area contributed by atoms with Crippen molar-refractivity contribution in [2.24, 2.45) is 0 Å². The largest absolute Gasteiger partial charge is 0.372 e. The average Bonchev–Trinajstić information content (AvgIpc) is 2.19. The van der Waals surface area contributed by atoms with E-state index in [1.807, 2.05) is 13.8 Å². The van der Waals surface area contributed by atoms with E-state index >= 15 is 0 Å². The fraction of sp³-hybridized carbons (Fsp3) is 1.00. The van der Waals surface area contributed by atoms with Crippen molar-refractivity contribution in [3.8, 4) is 0 Å². The third-order valence-electron chi connectivity index (χ3n) is 2.23. The minimum Gasteiger partial charge on any atom is -0.372 e. The first-order chi connectivity index (χ1) is 6.60. The highest BCUT2D eigenvalue weighted by molar-refractivity contribution is 9.09. The first kappa shape index (κ1) is 14.6. The molecule has 0 aliphatic carbocycles. The van der Waals surface area contributed by atoms with E-state index in [2.05, 4.69) is 15.9 Å². The predicted molar refractivity (Wildman–Crippen MR) is 60.2 cm³/mol. The lowest BCUT2D eigenvalue weighted by atomic mass is 9.98. The summed E-state index contributed by atoms with van der Waals surface area (Å²) in [7, 11) is -2.85. The van der Waals surface area contributed by atoms with Gasteiger partial charge in [-0.15, -0.1) is 0 Å². The molecular weight excluding hydrogens is 271 g/mol. The molecule has 0 spiro atoms. The molecule has 0 amide bonds. The van der Waals surface area contributed by atoms with E-state index in [4.69, 9.17) is 14.2 Å². The zero-order chi connectivity index (χ0) is 11.0. The van der Waals surface area contributed by atoms with Crippen molar-refractivity contribution < 1.29 is 18.7 Å². The van der Waals surface area contributed by atoms with E-state index in [1.165, 1.54) is 0 Å². The first-order valence-corrected chi connectivity index (χ1v) is 7.04. The molecule has 0 aromatic carbocycles. The second kappa shape index (κ2) is 7.83. The van der Waals surface area contributed by atoms with Crippen LogP contribution in [-0.2, 0) is 13.8 Å². The predicted octanol–water partition coefficient (Wildman–Crippen LogP) is 2.36. The van der Waals surface area contributed by atoms with Gasteiger partial charge in [-0.3, -0.25) is 4.57 Å². The highest BCUT2D eigenvalue weighted by Gasteiger charge is 2.27. The lowest BCUT2D eigenvalue weighted by Crippen LogP contribution is -2.36. The Morgan fingerprint density at radius 3 is 2.36 bits per heavy atom. The van der Waals surface area contributed by atoms with Gasteiger partial charge in [0.25, 0.3) is 0 Å². The SMILES string of the molecule is CCC(CC)(CO[PH](=O)O)OCCBr. The molecule has 0 aliphatic rings. The van der Waals surface area contributed by atoms with Gasteiger partial charge in [0.1, 0.15) is 0 Å². The molecule has 0 rings (SSSR count). The van der Waals surface area contributed by atoms with E-state index in [9.17, 15) is 4.57 Å². The fourth-order valence-corrected chi connectivity index (χ4v) is 1.70. The maximum atomic E-state index is 10.4. The molecule has 0 aromatic rings. The maximum absolute atomic E-state index is 10.4. The number of halogens is 1. The van der Waals surface area contributed by atoms with E-state index in [0.717, 1.165) is 18.2 Å². The summed E-state index contributed by atoms with van der Waals surface area (Å²) in [6.45, 7) is 4.73. The van der Waals surface area contributed by atoms with Gasteiger partial charge in [-0.1, -0.05) is 29.8 Å². The highest BCUT2D eigenvalue weighted by Crippen LogP contribution is 2.26. The minimum absolute atomic E-state index is 0.182. The quantitative estimate of drug-likeness (QED) is 0.550. The minimum atomic E-state index is -2.85. The van der Waals surface area contributed by atoms with Crippen LogP contribution in [0.1, 0.15) is 26.7 Å². The van der Waals surface area contributed by atoms with Crippen LogP contribution in [0.15, 0.2) is 0 Å². The standard InChI is InChI=1S/C8H18BrO4P/c1-3-8(4-2,12-6-5-9)7-13-14(10)11/h14H,3-7H2,1-2H3,(H,10,11). The highest BCUT2D eigenvalue weighted by atomic mass is 79.9. The zero-order valence-electron chi connectivity index (χ0n) is 8.59. The third-order valence-corrected chi connectivity index (χ3v) is 2.95. The van der Waals surface area contributed by atoms with Gasteiger partial charge in [-0.05, 0) is 12.8 Å². The van der Waals surface area contributed by atoms with Gasteiger partial charge in [0.15, 0.2) is 0 Å². The van der Waals surface area contributed by atoms with Crippen molar-refractivity contribution in [3.05, 3.63) is 0 Å². The number of ether oxygens (including phenoxy) is 1. The summed E-state index contributed by atoms with van der Waals surface area (Å²) in [5.41, 5.74) is -0.420. The molecule has 4 nitrogen and oxygen atoms in total. The van der Waals surface area contributed by atoms with Gasteiger partial charge >= 0.3 is 8.25 Å². The molecule has 86 valence electrons. The van der Waals surface area contributed by atoms with E-state index in [0.29, 0.717) is 6.61 Å². The lowest BCUT2D eigenvalue weighted by molar-refractivity contribution is -0.0719. The Bertz CT molecular complexity index is 173. The Morgan fingerprint density at radius 2 is 2.00 bits per heavy atom. The molecule has 0 radical (unpaired) electrons. The van der Waals surface area contributed by atoms with Crippen molar-refractivity contribution in [2.45, 2.75) is 32.3 Å². The van der Waals surface area contributed by atoms with Gasteiger partial charge in [0.2, 0.25) is 0 Å². The average molecular weight is 289 g/mol. The van der Waals surface area contributed by atoms with Crippen molar-refractivity contribution in [1.82, 2.24) is 0 Å². The van der Waals surface area contributed by atoms with Crippen LogP contribution in [0, 0.1) is 0 Å². The van der Waals surface area contributed by atoms with Crippen LogP contribution in [0.25, 0.3) is 0 Å². The second-order valence-electron chi connectivity index (χ2n) is 2.98. The summed E-state index contributed by atoms with van der Waals surface area (Å²) >= 11 is 3.27. The zero-order valence-corrected chi connectivity index (χ0v) is 11.2. The van der Waals surface area contributed by atoms with E-state index < -0.39 is 13.9 Å². The number of alkyl halides is 1. The molecule has 6 heteroatoms. The van der Waals surface area contributed by atoms with Crippen molar-refractivity contribution >= 4 is 24.2 Å². The van der Waals surface area contributed by atoms with Crippen LogP contribution >= 0.6 is 24.2 Å².